The van der Waals surface area contributed by atoms with Gasteiger partial charge in [-0.3, -0.25) is 4.79 Å². The molecule has 0 bridgehead atoms. The Morgan fingerprint density at radius 1 is 1.86 bits per heavy atom. The van der Waals surface area contributed by atoms with Crippen molar-refractivity contribution < 1.29 is 10.6 Å². The van der Waals surface area contributed by atoms with Gasteiger partial charge in [0.15, 0.2) is 12.0 Å². The molecule has 1 heterocycles. The zero-order chi connectivity index (χ0) is 5.11. The minimum Gasteiger partial charge on any atom is -0.462 e. The zero-order valence-corrected chi connectivity index (χ0v) is 3.63. The van der Waals surface area contributed by atoms with Gasteiger partial charge in [-0.15, -0.1) is 0 Å². The van der Waals surface area contributed by atoms with Gasteiger partial charge in [-0.25, -0.2) is 0 Å². The quantitative estimate of drug-likeness (QED) is 0.496. The highest BCUT2D eigenvalue weighted by Crippen LogP contribution is 1.92. The number of hydrogen-bond donors (Lipinski definition) is 0. The first-order chi connectivity index (χ1) is 3.43. The van der Waals surface area contributed by atoms with Gasteiger partial charge in [0.05, 0.1) is 6.26 Å². The predicted octanol–water partition coefficient (Wildman–Crippen LogP) is 1.34. The van der Waals surface area contributed by atoms with Crippen molar-refractivity contribution in [3.05, 3.63) is 24.2 Å². The lowest BCUT2D eigenvalue weighted by Gasteiger charge is -1.68. The molecule has 0 fully saturated rings. The second-order valence-corrected chi connectivity index (χ2v) is 1.13. The highest BCUT2D eigenvalue weighted by atomic mass is 16.3. The second kappa shape index (κ2) is 1.60. The van der Waals surface area contributed by atoms with Gasteiger partial charge in [-0.2, -0.15) is 0 Å². The van der Waals surface area contributed by atoms with Crippen molar-refractivity contribution in [1.82, 2.24) is 0 Å². The van der Waals surface area contributed by atoms with E-state index < -0.39 is 0 Å². The van der Waals surface area contributed by atoms with Crippen LogP contribution in [0.5, 0.6) is 0 Å². The zero-order valence-electron chi connectivity index (χ0n) is 3.63. The van der Waals surface area contributed by atoms with E-state index in [9.17, 15) is 4.79 Å². The molecule has 1 aromatic heterocycles. The molecule has 0 aliphatic carbocycles. The molecule has 7 heavy (non-hydrogen) atoms. The standard InChI is InChI=1S/C5H4O2.H2/c6-4-5-2-1-3-7-5;/h1-4H;1H. The molecule has 0 atom stereocenters. The van der Waals surface area contributed by atoms with Crippen molar-refractivity contribution >= 4 is 6.29 Å². The van der Waals surface area contributed by atoms with Crippen molar-refractivity contribution in [1.29, 1.82) is 0 Å². The summed E-state index contributed by atoms with van der Waals surface area (Å²) in [5.74, 6) is 0.375. The van der Waals surface area contributed by atoms with E-state index in [0.717, 1.165) is 0 Å². The number of rotatable bonds is 1. The number of aldehydes is 1. The maximum atomic E-state index is 9.77. The first kappa shape index (κ1) is 4.12. The van der Waals surface area contributed by atoms with Crippen LogP contribution in [-0.2, 0) is 0 Å². The summed E-state index contributed by atoms with van der Waals surface area (Å²) < 4.78 is 4.61. The van der Waals surface area contributed by atoms with Gasteiger partial charge in [0, 0.05) is 1.43 Å². The van der Waals surface area contributed by atoms with Crippen LogP contribution in [0, 0.1) is 0 Å². The third kappa shape index (κ3) is 0.682. The van der Waals surface area contributed by atoms with E-state index in [1.807, 2.05) is 0 Å². The Balaban J connectivity index is 0.000000490. The smallest absolute Gasteiger partial charge is 0.185 e. The van der Waals surface area contributed by atoms with Crippen molar-refractivity contribution in [3.63, 3.8) is 0 Å². The Kier molecular flexibility index (Phi) is 0.941. The van der Waals surface area contributed by atoms with Crippen LogP contribution in [0.1, 0.15) is 12.0 Å². The third-order valence-electron chi connectivity index (χ3n) is 0.659. The van der Waals surface area contributed by atoms with Gasteiger partial charge in [-0.1, -0.05) is 0 Å². The summed E-state index contributed by atoms with van der Waals surface area (Å²) in [4.78, 5) is 9.77. The van der Waals surface area contributed by atoms with E-state index >= 15 is 0 Å². The number of furan rings is 1. The molecule has 2 heteroatoms. The third-order valence-corrected chi connectivity index (χ3v) is 0.659. The van der Waals surface area contributed by atoms with Gasteiger partial charge in [0.25, 0.3) is 0 Å². The summed E-state index contributed by atoms with van der Waals surface area (Å²) in [6, 6.07) is 3.27. The normalized spacial score (nSPS) is 8.57. The maximum Gasteiger partial charge on any atom is 0.185 e. The first-order valence-electron chi connectivity index (χ1n) is 1.92. The van der Waals surface area contributed by atoms with Gasteiger partial charge in [-0.05, 0) is 12.1 Å². The van der Waals surface area contributed by atoms with Crippen molar-refractivity contribution in [3.8, 4) is 0 Å². The Labute approximate surface area is 42.2 Å². The number of carbonyl (C=O) groups is 1. The van der Waals surface area contributed by atoms with Gasteiger partial charge in [0.1, 0.15) is 0 Å². The molecule has 0 aromatic carbocycles. The van der Waals surface area contributed by atoms with Crippen molar-refractivity contribution in [2.24, 2.45) is 0 Å². The van der Waals surface area contributed by atoms with E-state index in [0.29, 0.717) is 12.0 Å². The van der Waals surface area contributed by atoms with Crippen LogP contribution >= 0.6 is 0 Å². The van der Waals surface area contributed by atoms with Crippen molar-refractivity contribution in [2.75, 3.05) is 0 Å². The molecule has 1 rings (SSSR count). The molecular weight excluding hydrogens is 92.1 g/mol. The molecule has 0 saturated carbocycles. The Morgan fingerprint density at radius 3 is 3.00 bits per heavy atom. The van der Waals surface area contributed by atoms with Gasteiger partial charge in [0.2, 0.25) is 0 Å². The average Bonchev–Trinajstić information content (AvgIpc) is 2.14. The van der Waals surface area contributed by atoms with E-state index in [2.05, 4.69) is 4.42 Å². The summed E-state index contributed by atoms with van der Waals surface area (Å²) in [7, 11) is 0. The molecule has 0 aliphatic rings. The summed E-state index contributed by atoms with van der Waals surface area (Å²) in [6.07, 6.45) is 2.13. The fourth-order valence-electron chi connectivity index (χ4n) is 0.358. The van der Waals surface area contributed by atoms with Crippen LogP contribution in [0.15, 0.2) is 22.8 Å². The molecule has 0 aliphatic heterocycles. The fourth-order valence-corrected chi connectivity index (χ4v) is 0.358. The van der Waals surface area contributed by atoms with Crippen LogP contribution in [-0.4, -0.2) is 6.29 Å². The van der Waals surface area contributed by atoms with Crippen LogP contribution in [0.4, 0.5) is 0 Å². The molecule has 0 saturated heterocycles. The maximum absolute atomic E-state index is 9.77. The monoisotopic (exact) mass is 98.0 g/mol. The molecule has 2 nitrogen and oxygen atoms in total. The van der Waals surface area contributed by atoms with Gasteiger partial charge >= 0.3 is 0 Å². The summed E-state index contributed by atoms with van der Waals surface area (Å²) in [5.41, 5.74) is 0. The average molecular weight is 98.1 g/mol. The van der Waals surface area contributed by atoms with Crippen LogP contribution in [0.3, 0.4) is 0 Å². The summed E-state index contributed by atoms with van der Waals surface area (Å²) in [5, 5.41) is 0. The molecule has 38 valence electrons. The first-order valence-corrected chi connectivity index (χ1v) is 1.92. The summed E-state index contributed by atoms with van der Waals surface area (Å²) in [6.45, 7) is 0. The molecule has 0 amide bonds. The highest BCUT2D eigenvalue weighted by molar-refractivity contribution is 5.69. The summed E-state index contributed by atoms with van der Waals surface area (Å²) >= 11 is 0. The lowest BCUT2D eigenvalue weighted by atomic mass is 10.5. The fraction of sp³-hybridized carbons (Fsp3) is 0. The van der Waals surface area contributed by atoms with Crippen LogP contribution in [0.2, 0.25) is 0 Å². The SMILES string of the molecule is O=Cc1ccco1.[HH]. The van der Waals surface area contributed by atoms with Crippen LogP contribution < -0.4 is 0 Å². The van der Waals surface area contributed by atoms with E-state index in [4.69, 9.17) is 0 Å². The minimum absolute atomic E-state index is 0. The molecule has 0 unspecified atom stereocenters. The highest BCUT2D eigenvalue weighted by Gasteiger charge is 1.84. The van der Waals surface area contributed by atoms with Crippen molar-refractivity contribution in [2.45, 2.75) is 0 Å². The largest absolute Gasteiger partial charge is 0.462 e. The minimum atomic E-state index is 0. The molecule has 1 aromatic rings. The Hall–Kier alpha value is -1.05. The number of hydrogen-bond acceptors (Lipinski definition) is 2. The van der Waals surface area contributed by atoms with E-state index in [-0.39, 0.29) is 1.43 Å². The van der Waals surface area contributed by atoms with Gasteiger partial charge < -0.3 is 4.42 Å². The predicted molar refractivity (Wildman–Crippen MR) is 26.2 cm³/mol. The molecule has 0 N–H and O–H groups in total. The van der Waals surface area contributed by atoms with E-state index in [1.54, 1.807) is 12.1 Å². The lowest BCUT2D eigenvalue weighted by Crippen LogP contribution is -1.65. The molecular formula is C5H6O2. The number of carbonyl (C=O) groups excluding carboxylic acids is 1. The lowest BCUT2D eigenvalue weighted by molar-refractivity contribution is 0.110. The molecule has 0 spiro atoms. The second-order valence-electron chi connectivity index (χ2n) is 1.13. The van der Waals surface area contributed by atoms with Crippen LogP contribution in [0.25, 0.3) is 0 Å². The Bertz CT molecular complexity index is 145. The van der Waals surface area contributed by atoms with E-state index in [1.165, 1.54) is 6.26 Å². The topological polar surface area (TPSA) is 30.2 Å². The Morgan fingerprint density at radius 2 is 2.71 bits per heavy atom. The molecule has 0 radical (unpaired) electrons.